The van der Waals surface area contributed by atoms with E-state index in [1.807, 2.05) is 26.8 Å². The van der Waals surface area contributed by atoms with Crippen LogP contribution in [0.5, 0.6) is 0 Å². The maximum atomic E-state index is 12.2. The molecular formula is C15H19NO6. The Kier molecular flexibility index (Phi) is 3.50. The summed E-state index contributed by atoms with van der Waals surface area (Å²) in [7, 11) is 0. The van der Waals surface area contributed by atoms with E-state index in [4.69, 9.17) is 9.94 Å². The van der Waals surface area contributed by atoms with Gasteiger partial charge in [0.2, 0.25) is 0 Å². The Morgan fingerprint density at radius 3 is 2.86 bits per heavy atom. The summed E-state index contributed by atoms with van der Waals surface area (Å²) in [5.74, 6) is -0.473. The fraction of sp³-hybridized carbons (Fsp3) is 0.533. The molecule has 7 nitrogen and oxygen atoms in total. The molecule has 7 heteroatoms. The van der Waals surface area contributed by atoms with Crippen LogP contribution in [-0.4, -0.2) is 22.9 Å². The Morgan fingerprint density at radius 1 is 1.55 bits per heavy atom. The third kappa shape index (κ3) is 2.22. The number of rotatable bonds is 3. The van der Waals surface area contributed by atoms with Gasteiger partial charge in [-0.05, 0) is 35.4 Å². The first-order valence-corrected chi connectivity index (χ1v) is 7.13. The number of cyclic esters (lactones) is 1. The number of ether oxygens (including phenoxy) is 1. The number of aliphatic hydroxyl groups is 1. The molecular weight excluding hydrogens is 290 g/mol. The van der Waals surface area contributed by atoms with E-state index in [0.29, 0.717) is 17.5 Å². The number of esters is 1. The number of nitrogens with one attached hydrogen (secondary N) is 1. The van der Waals surface area contributed by atoms with Gasteiger partial charge in [0.15, 0.2) is 12.7 Å². The van der Waals surface area contributed by atoms with Crippen LogP contribution in [0.4, 0.5) is 0 Å². The van der Waals surface area contributed by atoms with Crippen molar-refractivity contribution in [3.63, 3.8) is 0 Å². The molecule has 1 aliphatic carbocycles. The van der Waals surface area contributed by atoms with Crippen LogP contribution in [0, 0.1) is 17.5 Å². The predicted molar refractivity (Wildman–Crippen MR) is 73.8 cm³/mol. The molecule has 3 atom stereocenters. The molecule has 2 aliphatic rings. The lowest BCUT2D eigenvalue weighted by Gasteiger charge is -2.22. The summed E-state index contributed by atoms with van der Waals surface area (Å²) in [6.07, 6.45) is -0.772. The molecule has 0 aromatic heterocycles. The smallest absolute Gasteiger partial charge is 0.339 e. The lowest BCUT2D eigenvalue weighted by atomic mass is 9.87. The van der Waals surface area contributed by atoms with E-state index in [1.54, 1.807) is 0 Å². The average molecular weight is 309 g/mol. The van der Waals surface area contributed by atoms with Gasteiger partial charge in [-0.15, -0.1) is 0 Å². The van der Waals surface area contributed by atoms with E-state index >= 15 is 0 Å². The van der Waals surface area contributed by atoms with Crippen LogP contribution >= 0.6 is 0 Å². The molecule has 0 amide bonds. The lowest BCUT2D eigenvalue weighted by Crippen LogP contribution is -3.03. The number of hydrogen-bond acceptors (Lipinski definition) is 6. The molecule has 22 heavy (non-hydrogen) atoms. The van der Waals surface area contributed by atoms with Crippen molar-refractivity contribution in [1.29, 1.82) is 0 Å². The first kappa shape index (κ1) is 15.4. The number of carbonyl (C=O) groups is 1. The number of benzene rings is 1. The van der Waals surface area contributed by atoms with Crippen molar-refractivity contribution in [2.75, 3.05) is 6.61 Å². The Bertz CT molecular complexity index is 639. The third-order valence-electron chi connectivity index (χ3n) is 4.52. The molecule has 0 saturated carbocycles. The predicted octanol–water partition coefficient (Wildman–Crippen LogP) is 0.526. The van der Waals surface area contributed by atoms with Gasteiger partial charge in [-0.2, -0.15) is 10.0 Å². The second-order valence-electron chi connectivity index (χ2n) is 6.59. The van der Waals surface area contributed by atoms with Crippen LogP contribution in [0.2, 0.25) is 0 Å². The van der Waals surface area contributed by atoms with E-state index in [-0.39, 0.29) is 12.0 Å². The molecule has 3 N–H and O–H groups in total. The standard InChI is InChI=1S/C15H19NO6/c1-7-4-8-9(5-15(2,3)13(8)17)12-11(7)10(22-14(12)18)6-21-16(19)20/h4,10,13,16-17,19H,5-6H2,1-3H3/t10?,13-/m1/s1. The fourth-order valence-electron chi connectivity index (χ4n) is 3.47. The van der Waals surface area contributed by atoms with Gasteiger partial charge in [0, 0.05) is 5.56 Å². The third-order valence-corrected chi connectivity index (χ3v) is 4.52. The highest BCUT2D eigenvalue weighted by atomic mass is 17.1. The normalized spacial score (nSPS) is 26.5. The molecule has 0 fully saturated rings. The van der Waals surface area contributed by atoms with Crippen molar-refractivity contribution in [2.24, 2.45) is 5.41 Å². The quantitative estimate of drug-likeness (QED) is 0.556. The fourth-order valence-corrected chi connectivity index (χ4v) is 3.47. The average Bonchev–Trinajstić information content (AvgIpc) is 2.86. The Hall–Kier alpha value is -1.51. The minimum absolute atomic E-state index is 0.223. The summed E-state index contributed by atoms with van der Waals surface area (Å²) in [4.78, 5) is 16.8. The van der Waals surface area contributed by atoms with E-state index in [1.165, 1.54) is 0 Å². The van der Waals surface area contributed by atoms with Gasteiger partial charge in [-0.1, -0.05) is 25.3 Å². The zero-order chi connectivity index (χ0) is 16.2. The Morgan fingerprint density at radius 2 is 2.23 bits per heavy atom. The topological polar surface area (TPSA) is 103 Å². The summed E-state index contributed by atoms with van der Waals surface area (Å²) in [5.41, 5.74) is 3.17. The summed E-state index contributed by atoms with van der Waals surface area (Å²) in [6.45, 7) is 5.50. The van der Waals surface area contributed by atoms with Gasteiger partial charge in [0.05, 0.1) is 11.7 Å². The van der Waals surface area contributed by atoms with E-state index < -0.39 is 23.6 Å². The van der Waals surface area contributed by atoms with Crippen LogP contribution in [0.25, 0.3) is 0 Å². The number of aliphatic hydroxyl groups excluding tert-OH is 1. The molecule has 0 radical (unpaired) electrons. The minimum Gasteiger partial charge on any atom is -0.566 e. The number of hydrogen-bond donors (Lipinski definition) is 3. The van der Waals surface area contributed by atoms with E-state index in [9.17, 15) is 15.1 Å². The number of aryl methyl sites for hydroxylation is 1. The summed E-state index contributed by atoms with van der Waals surface area (Å²) in [6, 6.07) is 1.86. The van der Waals surface area contributed by atoms with Crippen molar-refractivity contribution in [3.8, 4) is 0 Å². The van der Waals surface area contributed by atoms with Crippen LogP contribution in [0.1, 0.15) is 58.7 Å². The van der Waals surface area contributed by atoms with E-state index in [0.717, 1.165) is 16.7 Å². The molecule has 1 heterocycles. The van der Waals surface area contributed by atoms with Gasteiger partial charge < -0.3 is 15.1 Å². The SMILES string of the molecule is Cc1cc2c(c3c1C(CO[NH+]([O-])O)OC3=O)CC(C)(C)[C@@H]2O. The second-order valence-corrected chi connectivity index (χ2v) is 6.59. The minimum atomic E-state index is -1.40. The van der Waals surface area contributed by atoms with Crippen molar-refractivity contribution < 1.29 is 30.1 Å². The Balaban J connectivity index is 2.06. The van der Waals surface area contributed by atoms with Crippen molar-refractivity contribution in [2.45, 2.75) is 39.4 Å². The largest absolute Gasteiger partial charge is 0.566 e. The first-order valence-electron chi connectivity index (χ1n) is 7.13. The molecule has 2 unspecified atom stereocenters. The molecule has 1 aliphatic heterocycles. The van der Waals surface area contributed by atoms with Gasteiger partial charge in [-0.25, -0.2) is 4.79 Å². The van der Waals surface area contributed by atoms with Gasteiger partial charge >= 0.3 is 5.97 Å². The maximum absolute atomic E-state index is 12.2. The van der Waals surface area contributed by atoms with Gasteiger partial charge in [0.1, 0.15) is 0 Å². The molecule has 0 saturated heterocycles. The molecule has 120 valence electrons. The maximum Gasteiger partial charge on any atom is 0.339 e. The highest BCUT2D eigenvalue weighted by Crippen LogP contribution is 2.50. The van der Waals surface area contributed by atoms with Crippen LogP contribution in [0.15, 0.2) is 6.07 Å². The summed E-state index contributed by atoms with van der Waals surface area (Å²) in [5, 5.41) is 28.2. The first-order chi connectivity index (χ1) is 10.2. The summed E-state index contributed by atoms with van der Waals surface area (Å²) < 4.78 is 5.28. The van der Waals surface area contributed by atoms with Crippen LogP contribution < -0.4 is 5.39 Å². The lowest BCUT2D eigenvalue weighted by molar-refractivity contribution is -1.21. The van der Waals surface area contributed by atoms with Gasteiger partial charge in [0.25, 0.3) is 0 Å². The van der Waals surface area contributed by atoms with Crippen molar-refractivity contribution in [1.82, 2.24) is 0 Å². The molecule has 0 bridgehead atoms. The monoisotopic (exact) mass is 309 g/mol. The van der Waals surface area contributed by atoms with E-state index in [2.05, 4.69) is 4.84 Å². The number of quaternary nitrogens is 1. The summed E-state index contributed by atoms with van der Waals surface area (Å²) >= 11 is 0. The molecule has 1 aromatic carbocycles. The molecule has 0 spiro atoms. The highest BCUT2D eigenvalue weighted by Gasteiger charge is 2.45. The highest BCUT2D eigenvalue weighted by molar-refractivity contribution is 5.97. The number of fused-ring (bicyclic) bond motifs is 3. The zero-order valence-corrected chi connectivity index (χ0v) is 12.7. The van der Waals surface area contributed by atoms with Crippen molar-refractivity contribution >= 4 is 5.97 Å². The zero-order valence-electron chi connectivity index (χ0n) is 12.7. The van der Waals surface area contributed by atoms with Crippen LogP contribution in [-0.2, 0) is 16.0 Å². The number of carbonyl (C=O) groups excluding carboxylic acids is 1. The molecule has 3 rings (SSSR count). The van der Waals surface area contributed by atoms with Gasteiger partial charge in [-0.3, -0.25) is 0 Å². The second kappa shape index (κ2) is 5.00. The Labute approximate surface area is 127 Å². The van der Waals surface area contributed by atoms with Crippen LogP contribution in [0.3, 0.4) is 0 Å². The molecule has 1 aromatic rings. The van der Waals surface area contributed by atoms with Crippen molar-refractivity contribution in [3.05, 3.63) is 39.1 Å².